The van der Waals surface area contributed by atoms with Crippen molar-refractivity contribution in [3.63, 3.8) is 0 Å². The van der Waals surface area contributed by atoms with Crippen LogP contribution in [0.1, 0.15) is 32.1 Å². The first kappa shape index (κ1) is 4.84. The fourth-order valence-electron chi connectivity index (χ4n) is 1.69. The molecule has 0 amide bonds. The third kappa shape index (κ3) is 0.519. The minimum absolute atomic E-state index is 0.928. The Morgan fingerprint density at radius 1 is 1.50 bits per heavy atom. The molecular formula is C8H13. The molecule has 1 radical (unpaired) electrons. The van der Waals surface area contributed by atoms with Crippen molar-refractivity contribution < 1.29 is 0 Å². The van der Waals surface area contributed by atoms with Gasteiger partial charge in [0, 0.05) is 0 Å². The molecule has 0 bridgehead atoms. The van der Waals surface area contributed by atoms with E-state index in [-0.39, 0.29) is 0 Å². The third-order valence-corrected chi connectivity index (χ3v) is 2.78. The highest BCUT2D eigenvalue weighted by molar-refractivity contribution is 5.17. The highest BCUT2D eigenvalue weighted by Crippen LogP contribution is 2.77. The highest BCUT2D eigenvalue weighted by Gasteiger charge is 2.68. The van der Waals surface area contributed by atoms with Crippen LogP contribution in [0, 0.1) is 18.3 Å². The first-order chi connectivity index (χ1) is 3.87. The van der Waals surface area contributed by atoms with E-state index >= 15 is 0 Å². The molecule has 0 aliphatic heterocycles. The average Bonchev–Trinajstić information content (AvgIpc) is 2.45. The van der Waals surface area contributed by atoms with Crippen LogP contribution in [0.25, 0.3) is 0 Å². The number of rotatable bonds is 3. The third-order valence-electron chi connectivity index (χ3n) is 2.78. The number of hydrogen-bond acceptors (Lipinski definition) is 0. The molecule has 0 spiro atoms. The van der Waals surface area contributed by atoms with Crippen molar-refractivity contribution in [1.29, 1.82) is 0 Å². The molecule has 8 heavy (non-hydrogen) atoms. The summed E-state index contributed by atoms with van der Waals surface area (Å²) < 4.78 is 0. The van der Waals surface area contributed by atoms with Crippen molar-refractivity contribution in [2.24, 2.45) is 11.3 Å². The Morgan fingerprint density at radius 3 is 2.50 bits per heavy atom. The van der Waals surface area contributed by atoms with Gasteiger partial charge in [0.25, 0.3) is 0 Å². The second-order valence-corrected chi connectivity index (χ2v) is 3.42. The zero-order valence-electron chi connectivity index (χ0n) is 5.32. The van der Waals surface area contributed by atoms with Crippen molar-refractivity contribution in [3.8, 4) is 0 Å². The summed E-state index contributed by atoms with van der Waals surface area (Å²) in [5.41, 5.74) is 0.928. The Kier molecular flexibility index (Phi) is 0.778. The van der Waals surface area contributed by atoms with E-state index in [9.17, 15) is 0 Å². The Bertz CT molecular complexity index is 98.6. The number of unbranched alkanes of at least 4 members (excludes halogenated alkanes) is 1. The molecule has 0 heterocycles. The van der Waals surface area contributed by atoms with E-state index in [0.717, 1.165) is 11.8 Å². The van der Waals surface area contributed by atoms with Crippen molar-refractivity contribution in [2.45, 2.75) is 32.1 Å². The lowest BCUT2D eigenvalue weighted by molar-refractivity contribution is 0.559. The summed E-state index contributed by atoms with van der Waals surface area (Å²) in [6.07, 6.45) is 7.13. The highest BCUT2D eigenvalue weighted by atomic mass is 14.7. The molecule has 0 aromatic rings. The van der Waals surface area contributed by atoms with E-state index in [1.807, 2.05) is 0 Å². The van der Waals surface area contributed by atoms with Crippen LogP contribution < -0.4 is 0 Å². The van der Waals surface area contributed by atoms with E-state index in [1.165, 1.54) is 18.8 Å². The van der Waals surface area contributed by atoms with Crippen LogP contribution in [0.4, 0.5) is 0 Å². The molecule has 0 nitrogen and oxygen atoms in total. The van der Waals surface area contributed by atoms with Crippen LogP contribution in [-0.2, 0) is 0 Å². The van der Waals surface area contributed by atoms with Gasteiger partial charge in [-0.25, -0.2) is 0 Å². The first-order valence-corrected chi connectivity index (χ1v) is 3.67. The van der Waals surface area contributed by atoms with Crippen molar-refractivity contribution in [1.82, 2.24) is 0 Å². The monoisotopic (exact) mass is 109 g/mol. The molecule has 0 saturated heterocycles. The minimum atomic E-state index is 0.928. The molecule has 0 N–H and O–H groups in total. The predicted molar refractivity (Wildman–Crippen MR) is 34.4 cm³/mol. The quantitative estimate of drug-likeness (QED) is 0.522. The molecule has 0 aromatic carbocycles. The summed E-state index contributed by atoms with van der Waals surface area (Å²) in [6.45, 7) is 3.84. The van der Waals surface area contributed by atoms with E-state index in [0.29, 0.717) is 0 Å². The maximum absolute atomic E-state index is 3.84. The number of fused-ring (bicyclic) bond motifs is 1. The average molecular weight is 109 g/mol. The Morgan fingerprint density at radius 2 is 2.12 bits per heavy atom. The maximum atomic E-state index is 3.84. The molecule has 2 fully saturated rings. The smallest absolute Gasteiger partial charge is 0.0263 e. The van der Waals surface area contributed by atoms with Gasteiger partial charge >= 0.3 is 0 Å². The van der Waals surface area contributed by atoms with Crippen LogP contribution in [-0.4, -0.2) is 0 Å². The summed E-state index contributed by atoms with van der Waals surface area (Å²) in [4.78, 5) is 0. The molecule has 0 atom stereocenters. The molecule has 2 aliphatic carbocycles. The lowest BCUT2D eigenvalue weighted by Gasteiger charge is -1.97. The van der Waals surface area contributed by atoms with Crippen molar-refractivity contribution >= 4 is 0 Å². The van der Waals surface area contributed by atoms with Crippen molar-refractivity contribution in [2.75, 3.05) is 0 Å². The lowest BCUT2D eigenvalue weighted by Crippen LogP contribution is -1.84. The van der Waals surface area contributed by atoms with E-state index in [1.54, 1.807) is 12.8 Å². The molecule has 0 aromatic heterocycles. The summed E-state index contributed by atoms with van der Waals surface area (Å²) >= 11 is 0. The van der Waals surface area contributed by atoms with Gasteiger partial charge in [-0.2, -0.15) is 0 Å². The van der Waals surface area contributed by atoms with Crippen molar-refractivity contribution in [3.05, 3.63) is 6.92 Å². The van der Waals surface area contributed by atoms with Gasteiger partial charge < -0.3 is 0 Å². The molecular weight excluding hydrogens is 96.1 g/mol. The molecule has 45 valence electrons. The van der Waals surface area contributed by atoms with Crippen LogP contribution in [0.2, 0.25) is 0 Å². The maximum Gasteiger partial charge on any atom is -0.0263 e. The van der Waals surface area contributed by atoms with Crippen LogP contribution in [0.5, 0.6) is 0 Å². The molecule has 0 unspecified atom stereocenters. The second kappa shape index (κ2) is 1.29. The van der Waals surface area contributed by atoms with Gasteiger partial charge in [-0.3, -0.25) is 0 Å². The minimum Gasteiger partial charge on any atom is -0.0533 e. The summed E-state index contributed by atoms with van der Waals surface area (Å²) in [6, 6.07) is 0. The Balaban J connectivity index is 1.70. The van der Waals surface area contributed by atoms with Crippen LogP contribution >= 0.6 is 0 Å². The summed E-state index contributed by atoms with van der Waals surface area (Å²) in [7, 11) is 0. The normalized spacial score (nSPS) is 48.4. The Labute approximate surface area is 51.3 Å². The lowest BCUT2D eigenvalue weighted by atomic mass is 10.1. The van der Waals surface area contributed by atoms with Gasteiger partial charge in [0.15, 0.2) is 0 Å². The standard InChI is InChI=1S/C8H13/c1-2-3-4-8-5-7(8)6-8/h7H,1-6H2. The zero-order chi connectivity index (χ0) is 5.61. The van der Waals surface area contributed by atoms with E-state index in [2.05, 4.69) is 6.92 Å². The summed E-state index contributed by atoms with van der Waals surface area (Å²) in [5.74, 6) is 1.19. The van der Waals surface area contributed by atoms with E-state index < -0.39 is 0 Å². The summed E-state index contributed by atoms with van der Waals surface area (Å²) in [5, 5.41) is 0. The fourth-order valence-corrected chi connectivity index (χ4v) is 1.69. The van der Waals surface area contributed by atoms with Crippen LogP contribution in [0.15, 0.2) is 0 Å². The molecule has 2 saturated carbocycles. The number of hydrogen-bond donors (Lipinski definition) is 0. The SMILES string of the molecule is [CH2]CCCC12CC1C2. The molecule has 2 aliphatic rings. The van der Waals surface area contributed by atoms with Gasteiger partial charge in [0.05, 0.1) is 0 Å². The van der Waals surface area contributed by atoms with Gasteiger partial charge in [-0.1, -0.05) is 19.8 Å². The predicted octanol–water partition coefficient (Wildman–Crippen LogP) is 2.40. The molecule has 0 heteroatoms. The van der Waals surface area contributed by atoms with E-state index in [4.69, 9.17) is 0 Å². The second-order valence-electron chi connectivity index (χ2n) is 3.42. The zero-order valence-corrected chi connectivity index (χ0v) is 5.32. The Hall–Kier alpha value is 0. The van der Waals surface area contributed by atoms with Gasteiger partial charge in [0.2, 0.25) is 0 Å². The van der Waals surface area contributed by atoms with Gasteiger partial charge in [0.1, 0.15) is 0 Å². The molecule has 2 rings (SSSR count). The van der Waals surface area contributed by atoms with Crippen LogP contribution in [0.3, 0.4) is 0 Å². The van der Waals surface area contributed by atoms with Gasteiger partial charge in [-0.05, 0) is 30.6 Å². The largest absolute Gasteiger partial charge is 0.0533 e. The fraction of sp³-hybridized carbons (Fsp3) is 0.875. The topological polar surface area (TPSA) is 0 Å². The van der Waals surface area contributed by atoms with Gasteiger partial charge in [-0.15, -0.1) is 0 Å². The first-order valence-electron chi connectivity index (χ1n) is 3.67.